The Morgan fingerprint density at radius 1 is 0.694 bits per heavy atom. The van der Waals surface area contributed by atoms with Gasteiger partial charge in [0.05, 0.1) is 27.6 Å². The maximum atomic E-state index is 13.5. The van der Waals surface area contributed by atoms with Crippen molar-refractivity contribution in [1.29, 1.82) is 0 Å². The van der Waals surface area contributed by atoms with E-state index in [1.807, 2.05) is 104 Å². The molecule has 0 aromatic heterocycles. The number of carbonyl (C=O) groups excluding carboxylic acids is 1. The van der Waals surface area contributed by atoms with Crippen LogP contribution in [0.1, 0.15) is 84.7 Å². The molecule has 0 spiro atoms. The highest BCUT2D eigenvalue weighted by Gasteiger charge is 2.71. The van der Waals surface area contributed by atoms with E-state index in [2.05, 4.69) is 19.1 Å². The van der Waals surface area contributed by atoms with Gasteiger partial charge in [0, 0.05) is 12.0 Å². The van der Waals surface area contributed by atoms with Crippen LogP contribution in [-0.4, -0.2) is 42.4 Å². The minimum atomic E-state index is -0.915. The van der Waals surface area contributed by atoms with Gasteiger partial charge in [-0.2, -0.15) is 0 Å². The van der Waals surface area contributed by atoms with Crippen molar-refractivity contribution >= 4 is 20.0 Å². The van der Waals surface area contributed by atoms with Crippen molar-refractivity contribution in [3.63, 3.8) is 0 Å². The van der Waals surface area contributed by atoms with Gasteiger partial charge in [-0.05, 0) is 66.9 Å². The quantitative estimate of drug-likeness (QED) is 0.347. The van der Waals surface area contributed by atoms with Gasteiger partial charge in [-0.1, -0.05) is 67.6 Å². The van der Waals surface area contributed by atoms with Crippen LogP contribution in [0, 0.1) is 5.92 Å². The van der Waals surface area contributed by atoms with E-state index in [4.69, 9.17) is 18.6 Å². The van der Waals surface area contributed by atoms with Crippen LogP contribution in [-0.2, 0) is 23.8 Å². The van der Waals surface area contributed by atoms with Crippen molar-refractivity contribution in [1.82, 2.24) is 0 Å². The van der Waals surface area contributed by atoms with Crippen LogP contribution in [0.15, 0.2) is 60.7 Å². The number of Topliss-reactive ketones (excluding diaryl/α,β-unsaturated/α-hetero) is 1. The second kappa shape index (κ2) is 9.12. The Kier molecular flexibility index (Phi) is 6.88. The fourth-order valence-electron chi connectivity index (χ4n) is 5.12. The lowest BCUT2D eigenvalue weighted by atomic mass is 9.32. The fourth-order valence-corrected chi connectivity index (χ4v) is 5.12. The smallest absolute Gasteiger partial charge is 0.403 e. The van der Waals surface area contributed by atoms with Gasteiger partial charge in [0.2, 0.25) is 0 Å². The maximum absolute atomic E-state index is 13.5. The van der Waals surface area contributed by atoms with Crippen LogP contribution >= 0.6 is 0 Å². The number of carbonyl (C=O) groups is 1. The summed E-state index contributed by atoms with van der Waals surface area (Å²) < 4.78 is 27.0. The highest BCUT2D eigenvalue weighted by atomic mass is 16.7. The summed E-state index contributed by atoms with van der Waals surface area (Å²) in [5, 5.41) is -0.915. The topological polar surface area (TPSA) is 54.0 Å². The average molecular weight is 490 g/mol. The molecule has 0 radical (unpaired) electrons. The Hall–Kier alpha value is -1.92. The first-order valence-electron chi connectivity index (χ1n) is 13.0. The van der Waals surface area contributed by atoms with Gasteiger partial charge < -0.3 is 18.6 Å². The summed E-state index contributed by atoms with van der Waals surface area (Å²) in [5.41, 5.74) is -0.603. The van der Waals surface area contributed by atoms with E-state index < -0.39 is 41.9 Å². The predicted molar refractivity (Wildman–Crippen MR) is 145 cm³/mol. The van der Waals surface area contributed by atoms with Crippen molar-refractivity contribution in [3.05, 3.63) is 71.8 Å². The van der Waals surface area contributed by atoms with Gasteiger partial charge in [-0.25, -0.2) is 0 Å². The molecule has 2 aromatic rings. The molecule has 0 aliphatic carbocycles. The average Bonchev–Trinajstić information content (AvgIpc) is 3.15. The minimum Gasteiger partial charge on any atom is -0.403 e. The Bertz CT molecular complexity index is 1010. The molecule has 2 heterocycles. The fraction of sp³-hybridized carbons (Fsp3) is 0.552. The molecular formula is C29H40B2O5. The van der Waals surface area contributed by atoms with Gasteiger partial charge in [0.25, 0.3) is 0 Å². The Labute approximate surface area is 217 Å². The molecule has 2 saturated heterocycles. The standard InChI is InChI=1S/C29H40B2O5/c1-21(20-24(32)22-16-12-10-13-17-22)29(23-18-14-11-15-19-23,30-33-25(2,3)26(4,5)34-30)31-35-27(6,7)28(8,9)36-31/h10-19,21H,20H2,1-9H3. The molecule has 0 saturated carbocycles. The van der Waals surface area contributed by atoms with Crippen LogP contribution in [0.2, 0.25) is 0 Å². The summed E-state index contributed by atoms with van der Waals surface area (Å²) in [4.78, 5) is 13.5. The molecule has 2 aliphatic heterocycles. The van der Waals surface area contributed by atoms with Crippen LogP contribution in [0.3, 0.4) is 0 Å². The molecule has 2 aliphatic rings. The maximum Gasteiger partial charge on any atom is 0.467 e. The first-order valence-corrected chi connectivity index (χ1v) is 13.0. The van der Waals surface area contributed by atoms with Crippen molar-refractivity contribution < 1.29 is 23.4 Å². The van der Waals surface area contributed by atoms with Crippen LogP contribution in [0.25, 0.3) is 0 Å². The third-order valence-electron chi connectivity index (χ3n) is 8.96. The highest BCUT2D eigenvalue weighted by molar-refractivity contribution is 6.71. The Morgan fingerprint density at radius 2 is 1.06 bits per heavy atom. The van der Waals surface area contributed by atoms with Crippen LogP contribution in [0.4, 0.5) is 0 Å². The SMILES string of the molecule is CC(CC(=O)c1ccccc1)C(B1OC(C)(C)C(C)(C)O1)(B1OC(C)(C)C(C)(C)O1)c1ccccc1. The number of ketones is 1. The molecule has 5 nitrogen and oxygen atoms in total. The number of benzene rings is 2. The minimum absolute atomic E-state index is 0.0661. The van der Waals surface area contributed by atoms with Crippen LogP contribution < -0.4 is 0 Å². The summed E-state index contributed by atoms with van der Waals surface area (Å²) in [6.45, 7) is 18.5. The first kappa shape index (κ1) is 27.1. The first-order chi connectivity index (χ1) is 16.6. The Morgan fingerprint density at radius 3 is 1.44 bits per heavy atom. The molecular weight excluding hydrogens is 450 g/mol. The van der Waals surface area contributed by atoms with E-state index in [0.717, 1.165) is 5.56 Å². The predicted octanol–water partition coefficient (Wildman–Crippen LogP) is 6.10. The lowest BCUT2D eigenvalue weighted by Gasteiger charge is -2.42. The number of rotatable bonds is 7. The molecule has 0 amide bonds. The summed E-state index contributed by atoms with van der Waals surface area (Å²) in [6.07, 6.45) is 0.285. The van der Waals surface area contributed by atoms with Gasteiger partial charge in [-0.3, -0.25) is 4.79 Å². The zero-order valence-electron chi connectivity index (χ0n) is 23.3. The molecule has 1 unspecified atom stereocenters. The van der Waals surface area contributed by atoms with Gasteiger partial charge in [0.15, 0.2) is 5.78 Å². The molecule has 1 atom stereocenters. The molecule has 4 rings (SSSR count). The van der Waals surface area contributed by atoms with Crippen molar-refractivity contribution in [2.24, 2.45) is 5.92 Å². The summed E-state index contributed by atoms with van der Waals surface area (Å²) in [5.74, 6) is -0.173. The van der Waals surface area contributed by atoms with Crippen molar-refractivity contribution in [2.75, 3.05) is 0 Å². The molecule has 192 valence electrons. The summed E-state index contributed by atoms with van der Waals surface area (Å²) in [6, 6.07) is 19.6. The lowest BCUT2D eigenvalue weighted by molar-refractivity contribution is 0.00578. The molecule has 2 fully saturated rings. The van der Waals surface area contributed by atoms with Crippen molar-refractivity contribution in [3.8, 4) is 0 Å². The number of hydrogen-bond acceptors (Lipinski definition) is 5. The lowest BCUT2D eigenvalue weighted by Crippen LogP contribution is -2.62. The molecule has 36 heavy (non-hydrogen) atoms. The van der Waals surface area contributed by atoms with Crippen molar-refractivity contribution in [2.45, 2.75) is 96.4 Å². The third-order valence-corrected chi connectivity index (χ3v) is 8.96. The van der Waals surface area contributed by atoms with Gasteiger partial charge in [0.1, 0.15) is 0 Å². The van der Waals surface area contributed by atoms with Crippen LogP contribution in [0.5, 0.6) is 0 Å². The second-order valence-electron chi connectivity index (χ2n) is 12.4. The van der Waals surface area contributed by atoms with E-state index in [9.17, 15) is 4.79 Å². The zero-order chi connectivity index (χ0) is 26.6. The second-order valence-corrected chi connectivity index (χ2v) is 12.4. The summed E-state index contributed by atoms with van der Waals surface area (Å²) in [7, 11) is -1.39. The zero-order valence-corrected chi connectivity index (χ0v) is 23.3. The largest absolute Gasteiger partial charge is 0.467 e. The van der Waals surface area contributed by atoms with E-state index >= 15 is 0 Å². The third kappa shape index (κ3) is 4.38. The molecule has 0 bridgehead atoms. The normalized spacial score (nSPS) is 23.0. The summed E-state index contributed by atoms with van der Waals surface area (Å²) >= 11 is 0. The highest BCUT2D eigenvalue weighted by Crippen LogP contribution is 2.52. The Balaban J connectivity index is 1.88. The molecule has 0 N–H and O–H groups in total. The molecule has 7 heteroatoms. The van der Waals surface area contributed by atoms with E-state index in [0.29, 0.717) is 5.56 Å². The molecule has 2 aromatic carbocycles. The van der Waals surface area contributed by atoms with Gasteiger partial charge in [-0.15, -0.1) is 0 Å². The monoisotopic (exact) mass is 490 g/mol. The number of hydrogen-bond donors (Lipinski definition) is 0. The van der Waals surface area contributed by atoms with E-state index in [1.54, 1.807) is 0 Å². The van der Waals surface area contributed by atoms with Gasteiger partial charge >= 0.3 is 14.2 Å². The van der Waals surface area contributed by atoms with E-state index in [-0.39, 0.29) is 18.1 Å². The van der Waals surface area contributed by atoms with E-state index in [1.165, 1.54) is 0 Å².